The fraction of sp³-hybridized carbons (Fsp3) is 0.429. The second-order valence-electron chi connectivity index (χ2n) is 7.58. The van der Waals surface area contributed by atoms with E-state index in [1.807, 2.05) is 35.6 Å². The van der Waals surface area contributed by atoms with Crippen molar-refractivity contribution in [3.8, 4) is 0 Å². The number of aromatic nitrogens is 3. The molecule has 0 saturated heterocycles. The molecule has 0 aliphatic heterocycles. The Morgan fingerprint density at radius 1 is 1.17 bits per heavy atom. The van der Waals surface area contributed by atoms with E-state index in [4.69, 9.17) is 0 Å². The minimum Gasteiger partial charge on any atom is -0.335 e. The molecule has 1 aromatic carbocycles. The Morgan fingerprint density at radius 2 is 1.93 bits per heavy atom. The van der Waals surface area contributed by atoms with Gasteiger partial charge in [-0.15, -0.1) is 10.2 Å². The van der Waals surface area contributed by atoms with Crippen LogP contribution in [0.15, 0.2) is 35.5 Å². The highest BCUT2D eigenvalue weighted by Gasteiger charge is 2.22. The first-order chi connectivity index (χ1) is 14.0. The van der Waals surface area contributed by atoms with Crippen molar-refractivity contribution in [1.82, 2.24) is 25.2 Å². The van der Waals surface area contributed by atoms with Crippen molar-refractivity contribution < 1.29 is 9.59 Å². The lowest BCUT2D eigenvalue weighted by molar-refractivity contribution is -0.119. The monoisotopic (exact) mass is 411 g/mol. The van der Waals surface area contributed by atoms with Crippen molar-refractivity contribution >= 4 is 40.3 Å². The molecule has 152 valence electrons. The van der Waals surface area contributed by atoms with Gasteiger partial charge in [-0.25, -0.2) is 4.79 Å². The van der Waals surface area contributed by atoms with Crippen molar-refractivity contribution in [2.45, 2.75) is 62.4 Å². The maximum absolute atomic E-state index is 12.5. The molecular weight excluding hydrogens is 386 g/mol. The van der Waals surface area contributed by atoms with E-state index < -0.39 is 11.3 Å². The maximum atomic E-state index is 12.5. The Hall–Kier alpha value is -2.61. The van der Waals surface area contributed by atoms with Crippen LogP contribution in [0.25, 0.3) is 16.6 Å². The van der Waals surface area contributed by atoms with Crippen molar-refractivity contribution in [2.75, 3.05) is 0 Å². The summed E-state index contributed by atoms with van der Waals surface area (Å²) in [7, 11) is 0. The smallest absolute Gasteiger partial charge is 0.321 e. The van der Waals surface area contributed by atoms with Gasteiger partial charge in [0, 0.05) is 11.4 Å². The molecule has 2 N–H and O–H groups in total. The van der Waals surface area contributed by atoms with Crippen LogP contribution in [-0.4, -0.2) is 37.8 Å². The summed E-state index contributed by atoms with van der Waals surface area (Å²) in [6.45, 7) is 3.82. The molecule has 1 aliphatic carbocycles. The van der Waals surface area contributed by atoms with Crippen LogP contribution in [0, 0.1) is 6.92 Å². The topological polar surface area (TPSA) is 88.4 Å². The number of rotatable bonds is 4. The molecule has 1 unspecified atom stereocenters. The van der Waals surface area contributed by atoms with Gasteiger partial charge in [-0.05, 0) is 44.4 Å². The molecule has 0 spiro atoms. The van der Waals surface area contributed by atoms with Gasteiger partial charge in [-0.3, -0.25) is 14.5 Å². The number of carbonyl (C=O) groups is 2. The molecule has 4 rings (SSSR count). The van der Waals surface area contributed by atoms with Gasteiger partial charge in [0.1, 0.15) is 0 Å². The first-order valence-corrected chi connectivity index (χ1v) is 10.9. The Balaban J connectivity index is 1.47. The molecule has 1 saturated carbocycles. The highest BCUT2D eigenvalue weighted by atomic mass is 32.2. The first kappa shape index (κ1) is 19.7. The Morgan fingerprint density at radius 3 is 2.72 bits per heavy atom. The van der Waals surface area contributed by atoms with Crippen LogP contribution in [0.5, 0.6) is 0 Å². The summed E-state index contributed by atoms with van der Waals surface area (Å²) in [4.78, 5) is 24.7. The fourth-order valence-electron chi connectivity index (χ4n) is 3.84. The molecule has 7 nitrogen and oxygen atoms in total. The summed E-state index contributed by atoms with van der Waals surface area (Å²) in [6, 6.07) is 9.79. The molecule has 0 bridgehead atoms. The summed E-state index contributed by atoms with van der Waals surface area (Å²) >= 11 is 1.29. The largest absolute Gasteiger partial charge is 0.335 e. The van der Waals surface area contributed by atoms with Gasteiger partial charge in [0.05, 0.1) is 10.8 Å². The third kappa shape index (κ3) is 4.22. The fourth-order valence-corrected chi connectivity index (χ4v) is 4.71. The number of amides is 3. The summed E-state index contributed by atoms with van der Waals surface area (Å²) in [5.74, 6) is -0.337. The number of fused-ring (bicyclic) bond motifs is 3. The van der Waals surface area contributed by atoms with Gasteiger partial charge in [0.15, 0.2) is 10.8 Å². The number of hydrogen-bond donors (Lipinski definition) is 2. The van der Waals surface area contributed by atoms with Crippen molar-refractivity contribution in [2.24, 2.45) is 0 Å². The Bertz CT molecular complexity index is 1060. The summed E-state index contributed by atoms with van der Waals surface area (Å²) < 4.78 is 1.96. The standard InChI is InChI=1S/C21H25N5O2S/c1-13-12-18-24-25-21(26(18)17-11-7-6-10-16(13)17)29-14(2)19(27)23-20(28)22-15-8-4-3-5-9-15/h6-7,10-12,14-15H,3-5,8-9H2,1-2H3,(H2,22,23,27,28). The normalized spacial score (nSPS) is 16.1. The Kier molecular flexibility index (Phi) is 5.71. The number of hydrogen-bond acceptors (Lipinski definition) is 5. The van der Waals surface area contributed by atoms with Crippen LogP contribution in [0.1, 0.15) is 44.6 Å². The second-order valence-corrected chi connectivity index (χ2v) is 8.89. The predicted molar refractivity (Wildman–Crippen MR) is 114 cm³/mol. The van der Waals surface area contributed by atoms with Crippen molar-refractivity contribution in [3.05, 3.63) is 35.9 Å². The molecule has 1 fully saturated rings. The molecule has 3 aromatic rings. The van der Waals surface area contributed by atoms with Gasteiger partial charge in [-0.1, -0.05) is 49.2 Å². The quantitative estimate of drug-likeness (QED) is 0.637. The third-order valence-corrected chi connectivity index (χ3v) is 6.44. The van der Waals surface area contributed by atoms with Gasteiger partial charge in [0.2, 0.25) is 5.91 Å². The lowest BCUT2D eigenvalue weighted by Gasteiger charge is -2.23. The van der Waals surface area contributed by atoms with E-state index in [9.17, 15) is 9.59 Å². The molecule has 29 heavy (non-hydrogen) atoms. The van der Waals surface area contributed by atoms with E-state index in [1.165, 1.54) is 18.2 Å². The minimum absolute atomic E-state index is 0.162. The number of pyridine rings is 1. The molecule has 2 aromatic heterocycles. The number of thioether (sulfide) groups is 1. The van der Waals surface area contributed by atoms with E-state index in [0.717, 1.165) is 47.8 Å². The number of para-hydroxylation sites is 1. The highest BCUT2D eigenvalue weighted by molar-refractivity contribution is 8.00. The van der Waals surface area contributed by atoms with Crippen LogP contribution < -0.4 is 10.6 Å². The zero-order valence-corrected chi connectivity index (χ0v) is 17.5. The summed E-state index contributed by atoms with van der Waals surface area (Å²) in [5, 5.41) is 15.2. The summed E-state index contributed by atoms with van der Waals surface area (Å²) in [6.07, 6.45) is 5.41. The molecule has 1 aliphatic rings. The zero-order valence-electron chi connectivity index (χ0n) is 16.6. The molecule has 0 radical (unpaired) electrons. The molecule has 8 heteroatoms. The number of nitrogens with zero attached hydrogens (tertiary/aromatic N) is 3. The molecule has 2 heterocycles. The van der Waals surface area contributed by atoms with Gasteiger partial charge >= 0.3 is 6.03 Å². The lowest BCUT2D eigenvalue weighted by Crippen LogP contribution is -2.47. The zero-order chi connectivity index (χ0) is 20.4. The van der Waals surface area contributed by atoms with Crippen molar-refractivity contribution in [1.29, 1.82) is 0 Å². The molecular formula is C21H25N5O2S. The van der Waals surface area contributed by atoms with E-state index in [1.54, 1.807) is 6.92 Å². The van der Waals surface area contributed by atoms with Crippen LogP contribution in [0.2, 0.25) is 0 Å². The second kappa shape index (κ2) is 8.41. The number of benzene rings is 1. The number of nitrogens with one attached hydrogen (secondary N) is 2. The number of urea groups is 1. The van der Waals surface area contributed by atoms with Gasteiger partial charge in [-0.2, -0.15) is 0 Å². The van der Waals surface area contributed by atoms with Crippen LogP contribution in [0.3, 0.4) is 0 Å². The number of carbonyl (C=O) groups excluding carboxylic acids is 2. The van der Waals surface area contributed by atoms with E-state index >= 15 is 0 Å². The van der Waals surface area contributed by atoms with Gasteiger partial charge in [0.25, 0.3) is 0 Å². The van der Waals surface area contributed by atoms with E-state index in [-0.39, 0.29) is 11.9 Å². The van der Waals surface area contributed by atoms with Crippen molar-refractivity contribution in [3.63, 3.8) is 0 Å². The Labute approximate surface area is 173 Å². The first-order valence-electron chi connectivity index (χ1n) is 10.0. The van der Waals surface area contributed by atoms with Gasteiger partial charge < -0.3 is 5.32 Å². The number of imide groups is 1. The van der Waals surface area contributed by atoms with Crippen LogP contribution in [0.4, 0.5) is 4.79 Å². The minimum atomic E-state index is -0.487. The average molecular weight is 412 g/mol. The average Bonchev–Trinajstić information content (AvgIpc) is 3.11. The SMILES string of the molecule is Cc1cc2nnc(SC(C)C(=O)NC(=O)NC3CCCCC3)n2c2ccccc12. The lowest BCUT2D eigenvalue weighted by atomic mass is 9.96. The third-order valence-electron chi connectivity index (χ3n) is 5.40. The predicted octanol–water partition coefficient (Wildman–Crippen LogP) is 3.83. The maximum Gasteiger partial charge on any atom is 0.321 e. The van der Waals surface area contributed by atoms with E-state index in [0.29, 0.717) is 5.16 Å². The number of aryl methyl sites for hydroxylation is 1. The highest BCUT2D eigenvalue weighted by Crippen LogP contribution is 2.28. The molecule has 1 atom stereocenters. The van der Waals surface area contributed by atoms with Crippen LogP contribution >= 0.6 is 11.8 Å². The van der Waals surface area contributed by atoms with E-state index in [2.05, 4.69) is 26.9 Å². The summed E-state index contributed by atoms with van der Waals surface area (Å²) in [5.41, 5.74) is 2.87. The van der Waals surface area contributed by atoms with Crippen LogP contribution in [-0.2, 0) is 4.79 Å². The molecule has 3 amide bonds.